The molecule has 110 valence electrons. The Morgan fingerprint density at radius 3 is 2.67 bits per heavy atom. The van der Waals surface area contributed by atoms with Crippen LogP contribution in [0.1, 0.15) is 21.8 Å². The topological polar surface area (TPSA) is 98.0 Å². The molecule has 0 spiro atoms. The Balaban J connectivity index is 2.18. The normalized spacial score (nSPS) is 10.7. The number of hydrogen-bond donors (Lipinski definition) is 1. The summed E-state index contributed by atoms with van der Waals surface area (Å²) in [6, 6.07) is 3.28. The number of benzene rings is 1. The minimum absolute atomic E-state index is 0.0453. The summed E-state index contributed by atoms with van der Waals surface area (Å²) in [5.41, 5.74) is -0.316. The van der Waals surface area contributed by atoms with Crippen molar-refractivity contribution in [3.63, 3.8) is 0 Å². The van der Waals surface area contributed by atoms with Gasteiger partial charge in [0, 0.05) is 12.1 Å². The van der Waals surface area contributed by atoms with Gasteiger partial charge in [-0.25, -0.2) is 8.78 Å². The van der Waals surface area contributed by atoms with E-state index in [0.717, 1.165) is 18.2 Å². The number of rotatable bonds is 4. The number of nitrogens with zero attached hydrogens (tertiary/aromatic N) is 3. The first-order valence-corrected chi connectivity index (χ1v) is 6.44. The van der Waals surface area contributed by atoms with Crippen LogP contribution in [-0.2, 0) is 0 Å². The molecule has 1 aromatic carbocycles. The first-order chi connectivity index (χ1) is 9.88. The standard InChI is InChI=1S/C10H5ClF2N4O3S/c11-6-3-4(17(19)20)1-2-5(6)8(18)14-10-16-15-9(21-10)7(12)13/h1-3,7H,(H,14,16,18). The van der Waals surface area contributed by atoms with Crippen LogP contribution in [0.25, 0.3) is 0 Å². The third kappa shape index (κ3) is 3.47. The summed E-state index contributed by atoms with van der Waals surface area (Å²) in [6.45, 7) is 0. The molecule has 0 saturated carbocycles. The number of amides is 1. The van der Waals surface area contributed by atoms with Crippen LogP contribution in [0.5, 0.6) is 0 Å². The number of halogens is 3. The van der Waals surface area contributed by atoms with Gasteiger partial charge in [0.05, 0.1) is 15.5 Å². The Kier molecular flexibility index (Phi) is 4.38. The van der Waals surface area contributed by atoms with Crippen LogP contribution in [0.2, 0.25) is 5.02 Å². The molecule has 0 bridgehead atoms. The zero-order chi connectivity index (χ0) is 15.6. The molecule has 0 atom stereocenters. The zero-order valence-electron chi connectivity index (χ0n) is 9.92. The lowest BCUT2D eigenvalue weighted by Gasteiger charge is -2.03. The van der Waals surface area contributed by atoms with Gasteiger partial charge in [0.15, 0.2) is 5.01 Å². The van der Waals surface area contributed by atoms with Gasteiger partial charge in [-0.15, -0.1) is 10.2 Å². The van der Waals surface area contributed by atoms with E-state index in [1.165, 1.54) is 0 Å². The molecule has 0 saturated heterocycles. The van der Waals surface area contributed by atoms with Crippen molar-refractivity contribution in [2.24, 2.45) is 0 Å². The lowest BCUT2D eigenvalue weighted by molar-refractivity contribution is -0.384. The highest BCUT2D eigenvalue weighted by molar-refractivity contribution is 7.15. The van der Waals surface area contributed by atoms with Crippen LogP contribution in [0.4, 0.5) is 19.6 Å². The molecule has 1 N–H and O–H groups in total. The minimum atomic E-state index is -2.78. The fraction of sp³-hybridized carbons (Fsp3) is 0.100. The van der Waals surface area contributed by atoms with E-state index < -0.39 is 22.3 Å². The molecule has 11 heteroatoms. The molecule has 21 heavy (non-hydrogen) atoms. The van der Waals surface area contributed by atoms with Crippen molar-refractivity contribution in [3.05, 3.63) is 43.9 Å². The van der Waals surface area contributed by atoms with Crippen LogP contribution in [0, 0.1) is 10.1 Å². The summed E-state index contributed by atoms with van der Waals surface area (Å²) < 4.78 is 24.7. The second kappa shape index (κ2) is 6.06. The average molecular weight is 335 g/mol. The lowest BCUT2D eigenvalue weighted by Crippen LogP contribution is -2.12. The second-order valence-corrected chi connectivity index (χ2v) is 5.04. The van der Waals surface area contributed by atoms with Crippen LogP contribution in [0.3, 0.4) is 0 Å². The molecular formula is C10H5ClF2N4O3S. The van der Waals surface area contributed by atoms with Crippen molar-refractivity contribution in [3.8, 4) is 0 Å². The summed E-state index contributed by atoms with van der Waals surface area (Å²) >= 11 is 6.29. The average Bonchev–Trinajstić information content (AvgIpc) is 2.87. The summed E-state index contributed by atoms with van der Waals surface area (Å²) in [6.07, 6.45) is -2.78. The van der Waals surface area contributed by atoms with Crippen LogP contribution in [0.15, 0.2) is 18.2 Å². The molecule has 2 aromatic rings. The van der Waals surface area contributed by atoms with Gasteiger partial charge in [-0.05, 0) is 6.07 Å². The molecule has 0 radical (unpaired) electrons. The highest BCUT2D eigenvalue weighted by Crippen LogP contribution is 2.27. The van der Waals surface area contributed by atoms with E-state index in [0.29, 0.717) is 11.3 Å². The molecule has 0 aliphatic carbocycles. The highest BCUT2D eigenvalue weighted by atomic mass is 35.5. The first kappa shape index (κ1) is 15.2. The molecule has 0 fully saturated rings. The second-order valence-electron chi connectivity index (χ2n) is 3.62. The minimum Gasteiger partial charge on any atom is -0.296 e. The van der Waals surface area contributed by atoms with Gasteiger partial charge in [-0.1, -0.05) is 22.9 Å². The van der Waals surface area contributed by atoms with E-state index >= 15 is 0 Å². The molecular weight excluding hydrogens is 330 g/mol. The third-order valence-corrected chi connectivity index (χ3v) is 3.41. The number of carbonyl (C=O) groups excluding carboxylic acids is 1. The van der Waals surface area contributed by atoms with Crippen molar-refractivity contribution in [1.29, 1.82) is 0 Å². The van der Waals surface area contributed by atoms with E-state index in [2.05, 4.69) is 15.5 Å². The Morgan fingerprint density at radius 2 is 2.14 bits per heavy atom. The Bertz CT molecular complexity index is 709. The summed E-state index contributed by atoms with van der Waals surface area (Å²) in [4.78, 5) is 21.8. The van der Waals surface area contributed by atoms with Crippen LogP contribution >= 0.6 is 22.9 Å². The van der Waals surface area contributed by atoms with E-state index in [1.807, 2.05) is 0 Å². The monoisotopic (exact) mass is 334 g/mol. The van der Waals surface area contributed by atoms with Gasteiger partial charge in [-0.3, -0.25) is 20.2 Å². The quantitative estimate of drug-likeness (QED) is 0.683. The molecule has 2 rings (SSSR count). The Morgan fingerprint density at radius 1 is 1.43 bits per heavy atom. The third-order valence-electron chi connectivity index (χ3n) is 2.26. The number of hydrogen-bond acceptors (Lipinski definition) is 6. The predicted molar refractivity (Wildman–Crippen MR) is 70.9 cm³/mol. The van der Waals surface area contributed by atoms with Gasteiger partial charge >= 0.3 is 0 Å². The molecule has 0 aliphatic heterocycles. The maximum Gasteiger partial charge on any atom is 0.291 e. The van der Waals surface area contributed by atoms with E-state index in [9.17, 15) is 23.7 Å². The van der Waals surface area contributed by atoms with E-state index in [4.69, 9.17) is 11.6 Å². The molecule has 1 amide bonds. The van der Waals surface area contributed by atoms with Gasteiger partial charge in [0.25, 0.3) is 18.0 Å². The number of nitro groups is 1. The maximum atomic E-state index is 12.3. The summed E-state index contributed by atoms with van der Waals surface area (Å²) in [7, 11) is 0. The number of nitrogens with one attached hydrogen (secondary N) is 1. The summed E-state index contributed by atoms with van der Waals surface area (Å²) in [5, 5.41) is 18.6. The molecule has 0 aliphatic rings. The number of carbonyl (C=O) groups is 1. The zero-order valence-corrected chi connectivity index (χ0v) is 11.5. The van der Waals surface area contributed by atoms with Gasteiger partial charge in [0.2, 0.25) is 5.13 Å². The summed E-state index contributed by atoms with van der Waals surface area (Å²) in [5.74, 6) is -0.730. The molecule has 1 heterocycles. The predicted octanol–water partition coefficient (Wildman–Crippen LogP) is 3.29. The first-order valence-electron chi connectivity index (χ1n) is 5.25. The largest absolute Gasteiger partial charge is 0.296 e. The fourth-order valence-electron chi connectivity index (χ4n) is 1.34. The molecule has 1 aromatic heterocycles. The number of non-ortho nitro benzene ring substituents is 1. The Hall–Kier alpha value is -2.20. The van der Waals surface area contributed by atoms with Crippen molar-refractivity contribution in [2.45, 2.75) is 6.43 Å². The van der Waals surface area contributed by atoms with Crippen molar-refractivity contribution in [2.75, 3.05) is 5.32 Å². The fourth-order valence-corrected chi connectivity index (χ4v) is 2.19. The van der Waals surface area contributed by atoms with E-state index in [-0.39, 0.29) is 21.4 Å². The SMILES string of the molecule is O=C(Nc1nnc(C(F)F)s1)c1ccc([N+](=O)[O-])cc1Cl. The van der Waals surface area contributed by atoms with Gasteiger partial charge in [0.1, 0.15) is 0 Å². The van der Waals surface area contributed by atoms with Crippen LogP contribution < -0.4 is 5.32 Å². The van der Waals surface area contributed by atoms with Crippen molar-refractivity contribution < 1.29 is 18.5 Å². The smallest absolute Gasteiger partial charge is 0.291 e. The number of alkyl halides is 2. The van der Waals surface area contributed by atoms with Crippen molar-refractivity contribution in [1.82, 2.24) is 10.2 Å². The number of anilines is 1. The van der Waals surface area contributed by atoms with Crippen molar-refractivity contribution >= 4 is 39.7 Å². The number of nitro benzene ring substituents is 1. The maximum absolute atomic E-state index is 12.3. The Labute approximate surface area is 124 Å². The number of aromatic nitrogens is 2. The lowest BCUT2D eigenvalue weighted by atomic mass is 10.2. The highest BCUT2D eigenvalue weighted by Gasteiger charge is 2.18. The van der Waals surface area contributed by atoms with Crippen LogP contribution in [-0.4, -0.2) is 21.0 Å². The van der Waals surface area contributed by atoms with E-state index in [1.54, 1.807) is 0 Å². The van der Waals surface area contributed by atoms with Gasteiger partial charge in [-0.2, -0.15) is 0 Å². The molecule has 7 nitrogen and oxygen atoms in total. The van der Waals surface area contributed by atoms with Gasteiger partial charge < -0.3 is 0 Å². The molecule has 0 unspecified atom stereocenters.